The van der Waals surface area contributed by atoms with Crippen LogP contribution in [0.2, 0.25) is 0 Å². The Morgan fingerprint density at radius 2 is 1.89 bits per heavy atom. The van der Waals surface area contributed by atoms with Crippen molar-refractivity contribution in [2.24, 2.45) is 0 Å². The second-order valence-electron chi connectivity index (χ2n) is 6.50. The Labute approximate surface area is 159 Å². The van der Waals surface area contributed by atoms with Crippen LogP contribution in [0.25, 0.3) is 0 Å². The molecule has 0 aliphatic heterocycles. The van der Waals surface area contributed by atoms with Gasteiger partial charge in [-0.1, -0.05) is 17.7 Å². The van der Waals surface area contributed by atoms with Crippen molar-refractivity contribution in [3.05, 3.63) is 66.0 Å². The van der Waals surface area contributed by atoms with Gasteiger partial charge in [0, 0.05) is 18.8 Å². The minimum Gasteiger partial charge on any atom is -0.497 e. The van der Waals surface area contributed by atoms with Crippen molar-refractivity contribution in [2.45, 2.75) is 36.3 Å². The van der Waals surface area contributed by atoms with Crippen LogP contribution in [0.4, 0.5) is 0 Å². The quantitative estimate of drug-likeness (QED) is 0.697. The van der Waals surface area contributed by atoms with Crippen LogP contribution in [0.15, 0.2) is 65.3 Å². The van der Waals surface area contributed by atoms with Gasteiger partial charge in [-0.3, -0.25) is 9.78 Å². The van der Waals surface area contributed by atoms with E-state index < -0.39 is 20.6 Å². The lowest BCUT2D eigenvalue weighted by Gasteiger charge is -2.28. The van der Waals surface area contributed by atoms with Crippen LogP contribution >= 0.6 is 0 Å². The highest BCUT2D eigenvalue weighted by molar-refractivity contribution is 7.93. The molecule has 27 heavy (non-hydrogen) atoms. The van der Waals surface area contributed by atoms with Gasteiger partial charge in [0.1, 0.15) is 5.75 Å². The molecular weight excluding hydrogens is 366 g/mol. The van der Waals surface area contributed by atoms with E-state index >= 15 is 0 Å². The summed E-state index contributed by atoms with van der Waals surface area (Å²) in [7, 11) is -2.73. The molecule has 2 rings (SSSR count). The molecule has 0 spiro atoms. The van der Waals surface area contributed by atoms with Gasteiger partial charge in [-0.15, -0.1) is 0 Å². The van der Waals surface area contributed by atoms with Crippen LogP contribution in [-0.4, -0.2) is 36.3 Å². The van der Waals surface area contributed by atoms with E-state index in [1.165, 1.54) is 37.6 Å². The molecule has 1 aromatic carbocycles. The first kappa shape index (κ1) is 20.6. The van der Waals surface area contributed by atoms with E-state index in [0.717, 1.165) is 5.57 Å². The first-order valence-corrected chi connectivity index (χ1v) is 9.85. The van der Waals surface area contributed by atoms with Crippen LogP contribution in [0.3, 0.4) is 0 Å². The second kappa shape index (κ2) is 8.35. The molecule has 0 saturated heterocycles. The summed E-state index contributed by atoms with van der Waals surface area (Å²) in [6.07, 6.45) is 4.36. The average Bonchev–Trinajstić information content (AvgIpc) is 2.65. The monoisotopic (exact) mass is 389 g/mol. The first-order chi connectivity index (χ1) is 12.7. The van der Waals surface area contributed by atoms with Gasteiger partial charge in [-0.25, -0.2) is 8.42 Å². The van der Waals surface area contributed by atoms with Crippen LogP contribution < -0.4 is 4.74 Å². The lowest BCUT2D eigenvalue weighted by Crippen LogP contribution is -2.48. The number of carboxylic acid groups (broad SMARTS) is 1. The number of rotatable bonds is 8. The van der Waals surface area contributed by atoms with Gasteiger partial charge >= 0.3 is 5.97 Å². The molecule has 1 atom stereocenters. The maximum atomic E-state index is 13.4. The van der Waals surface area contributed by atoms with Crippen LogP contribution in [0, 0.1) is 0 Å². The van der Waals surface area contributed by atoms with Crippen molar-refractivity contribution in [3.8, 4) is 5.75 Å². The van der Waals surface area contributed by atoms with E-state index in [0.29, 0.717) is 11.3 Å². The molecule has 1 aromatic heterocycles. The maximum Gasteiger partial charge on any atom is 0.326 e. The zero-order valence-corrected chi connectivity index (χ0v) is 16.4. The minimum atomic E-state index is -4.21. The van der Waals surface area contributed by atoms with Crippen molar-refractivity contribution >= 4 is 15.8 Å². The number of benzene rings is 1. The summed E-state index contributed by atoms with van der Waals surface area (Å²) in [5.41, 5.74) is 1.39. The second-order valence-corrected chi connectivity index (χ2v) is 8.76. The van der Waals surface area contributed by atoms with E-state index in [4.69, 9.17) is 4.74 Å². The molecule has 144 valence electrons. The standard InChI is InChI=1S/C20H23NO5S/c1-15(2)10-11-20(19(22)23,13-16-5-4-12-21-14-16)27(24,25)18-8-6-17(26-3)7-9-18/h4-10,12,14H,11,13H2,1-3H3,(H,22,23). The summed E-state index contributed by atoms with van der Waals surface area (Å²) < 4.78 is 29.9. The third-order valence-electron chi connectivity index (χ3n) is 4.33. The maximum absolute atomic E-state index is 13.4. The number of aliphatic carboxylic acids is 1. The van der Waals surface area contributed by atoms with Gasteiger partial charge in [-0.05, 0) is 56.2 Å². The van der Waals surface area contributed by atoms with Crippen molar-refractivity contribution < 1.29 is 23.1 Å². The Balaban J connectivity index is 2.64. The fourth-order valence-corrected chi connectivity index (χ4v) is 4.57. The van der Waals surface area contributed by atoms with Crippen LogP contribution in [0.1, 0.15) is 25.8 Å². The Bertz CT molecular complexity index is 917. The fraction of sp³-hybridized carbons (Fsp3) is 0.300. The van der Waals surface area contributed by atoms with E-state index in [9.17, 15) is 18.3 Å². The number of hydrogen-bond donors (Lipinski definition) is 1. The lowest BCUT2D eigenvalue weighted by molar-refractivity contribution is -0.140. The number of allylic oxidation sites excluding steroid dienone is 2. The third-order valence-corrected chi connectivity index (χ3v) is 6.73. The number of carboxylic acids is 1. The van der Waals surface area contributed by atoms with Crippen molar-refractivity contribution in [1.29, 1.82) is 0 Å². The van der Waals surface area contributed by atoms with E-state index in [2.05, 4.69) is 4.98 Å². The molecule has 1 unspecified atom stereocenters. The molecule has 0 bridgehead atoms. The first-order valence-electron chi connectivity index (χ1n) is 8.37. The summed E-state index contributed by atoms with van der Waals surface area (Å²) in [5.74, 6) is -0.897. The van der Waals surface area contributed by atoms with Gasteiger partial charge in [0.15, 0.2) is 14.6 Å². The molecule has 0 saturated carbocycles. The van der Waals surface area contributed by atoms with Gasteiger partial charge < -0.3 is 9.84 Å². The molecule has 0 aliphatic rings. The fourth-order valence-electron chi connectivity index (χ4n) is 2.74. The van der Waals surface area contributed by atoms with E-state index in [1.54, 1.807) is 38.3 Å². The number of methoxy groups -OCH3 is 1. The van der Waals surface area contributed by atoms with Crippen LogP contribution in [-0.2, 0) is 21.1 Å². The molecular formula is C20H23NO5S. The highest BCUT2D eigenvalue weighted by Crippen LogP contribution is 2.34. The molecule has 1 N–H and O–H groups in total. The molecule has 2 aromatic rings. The number of pyridine rings is 1. The smallest absolute Gasteiger partial charge is 0.326 e. The van der Waals surface area contributed by atoms with E-state index in [-0.39, 0.29) is 17.7 Å². The Morgan fingerprint density at radius 3 is 2.37 bits per heavy atom. The lowest BCUT2D eigenvalue weighted by atomic mass is 9.95. The largest absolute Gasteiger partial charge is 0.497 e. The topological polar surface area (TPSA) is 93.6 Å². The zero-order valence-electron chi connectivity index (χ0n) is 15.5. The van der Waals surface area contributed by atoms with Gasteiger partial charge in [0.2, 0.25) is 0 Å². The van der Waals surface area contributed by atoms with Gasteiger partial charge in [0.25, 0.3) is 0 Å². The average molecular weight is 389 g/mol. The highest BCUT2D eigenvalue weighted by Gasteiger charge is 2.51. The summed E-state index contributed by atoms with van der Waals surface area (Å²) in [6, 6.07) is 9.09. The molecule has 0 aliphatic carbocycles. The molecule has 0 radical (unpaired) electrons. The molecule has 1 heterocycles. The van der Waals surface area contributed by atoms with E-state index in [1.807, 2.05) is 0 Å². The Hall–Kier alpha value is -2.67. The van der Waals surface area contributed by atoms with Crippen LogP contribution in [0.5, 0.6) is 5.75 Å². The summed E-state index contributed by atoms with van der Waals surface area (Å²) in [5, 5.41) is 10.0. The molecule has 0 fully saturated rings. The van der Waals surface area contributed by atoms with Crippen molar-refractivity contribution in [2.75, 3.05) is 7.11 Å². The summed E-state index contributed by atoms with van der Waals surface area (Å²) in [6.45, 7) is 3.60. The summed E-state index contributed by atoms with van der Waals surface area (Å²) >= 11 is 0. The SMILES string of the molecule is COc1ccc(S(=O)(=O)C(CC=C(C)C)(Cc2cccnc2)C(=O)O)cc1. The molecule has 6 nitrogen and oxygen atoms in total. The zero-order chi connectivity index (χ0) is 20.1. The highest BCUT2D eigenvalue weighted by atomic mass is 32.2. The van der Waals surface area contributed by atoms with Gasteiger partial charge in [0.05, 0.1) is 12.0 Å². The number of nitrogens with zero attached hydrogens (tertiary/aromatic N) is 1. The predicted octanol–water partition coefficient (Wildman–Crippen LogP) is 3.29. The normalized spacial score (nSPS) is 13.4. The van der Waals surface area contributed by atoms with Crippen molar-refractivity contribution in [3.63, 3.8) is 0 Å². The minimum absolute atomic E-state index is 0.0586. The Kier molecular flexibility index (Phi) is 6.38. The molecule has 7 heteroatoms. The number of aromatic nitrogens is 1. The number of hydrogen-bond acceptors (Lipinski definition) is 5. The predicted molar refractivity (Wildman–Crippen MR) is 103 cm³/mol. The number of sulfone groups is 1. The number of ether oxygens (including phenoxy) is 1. The van der Waals surface area contributed by atoms with Gasteiger partial charge in [-0.2, -0.15) is 0 Å². The molecule has 0 amide bonds. The van der Waals surface area contributed by atoms with Crippen molar-refractivity contribution in [1.82, 2.24) is 4.98 Å². The Morgan fingerprint density at radius 1 is 1.22 bits per heavy atom. The summed E-state index contributed by atoms with van der Waals surface area (Å²) in [4.78, 5) is 16.3. The third kappa shape index (κ3) is 4.36. The number of carbonyl (C=O) groups is 1.